The van der Waals surface area contributed by atoms with Crippen molar-refractivity contribution < 1.29 is 13.6 Å². The van der Waals surface area contributed by atoms with Crippen LogP contribution in [0.4, 0.5) is 8.78 Å². The number of aliphatic imine (C=N–C) groups is 1. The monoisotopic (exact) mass is 494 g/mol. The minimum atomic E-state index is -0.838. The fourth-order valence-corrected chi connectivity index (χ4v) is 3.52. The molecule has 1 aliphatic rings. The summed E-state index contributed by atoms with van der Waals surface area (Å²) >= 11 is 0. The van der Waals surface area contributed by atoms with E-state index in [0.717, 1.165) is 31.7 Å². The average molecular weight is 494 g/mol. The number of rotatable bonds is 6. The smallest absolute Gasteiger partial charge is 0.230 e. The molecule has 1 fully saturated rings. The van der Waals surface area contributed by atoms with Crippen LogP contribution in [0.25, 0.3) is 0 Å². The van der Waals surface area contributed by atoms with Crippen LogP contribution in [0.1, 0.15) is 31.2 Å². The summed E-state index contributed by atoms with van der Waals surface area (Å²) in [4.78, 5) is 18.4. The first kappa shape index (κ1) is 23.6. The van der Waals surface area contributed by atoms with Gasteiger partial charge in [-0.1, -0.05) is 25.0 Å². The maximum Gasteiger partial charge on any atom is 0.230 e. The van der Waals surface area contributed by atoms with Crippen molar-refractivity contribution in [1.29, 1.82) is 0 Å². The molecule has 0 atom stereocenters. The van der Waals surface area contributed by atoms with E-state index in [-0.39, 0.29) is 29.9 Å². The summed E-state index contributed by atoms with van der Waals surface area (Å²) in [7, 11) is 5.21. The minimum absolute atomic E-state index is 0. The molecule has 0 bridgehead atoms. The van der Waals surface area contributed by atoms with Crippen LogP contribution < -0.4 is 10.6 Å². The van der Waals surface area contributed by atoms with E-state index in [1.54, 1.807) is 32.1 Å². The molecule has 0 spiro atoms. The largest absolute Gasteiger partial charge is 0.356 e. The first-order valence-electron chi connectivity index (χ1n) is 8.99. The van der Waals surface area contributed by atoms with Crippen molar-refractivity contribution in [1.82, 2.24) is 15.5 Å². The Morgan fingerprint density at radius 2 is 1.89 bits per heavy atom. The van der Waals surface area contributed by atoms with Crippen molar-refractivity contribution in [2.45, 2.75) is 32.1 Å². The van der Waals surface area contributed by atoms with Gasteiger partial charge in [0.05, 0.1) is 5.41 Å². The van der Waals surface area contributed by atoms with E-state index < -0.39 is 17.0 Å². The zero-order valence-electron chi connectivity index (χ0n) is 16.1. The molecule has 0 heterocycles. The molecule has 1 aromatic carbocycles. The Bertz CT molecular complexity index is 661. The number of carbonyl (C=O) groups excluding carboxylic acids is 1. The van der Waals surface area contributed by atoms with Crippen molar-refractivity contribution in [3.63, 3.8) is 0 Å². The molecule has 0 radical (unpaired) electrons. The van der Waals surface area contributed by atoms with Gasteiger partial charge in [0, 0.05) is 34.2 Å². The third kappa shape index (κ3) is 6.02. The second kappa shape index (κ2) is 10.8. The summed E-state index contributed by atoms with van der Waals surface area (Å²) in [6, 6.07) is 4.17. The van der Waals surface area contributed by atoms with E-state index in [0.29, 0.717) is 31.0 Å². The van der Waals surface area contributed by atoms with Gasteiger partial charge in [-0.05, 0) is 30.9 Å². The van der Waals surface area contributed by atoms with Crippen LogP contribution >= 0.6 is 24.0 Å². The Morgan fingerprint density at radius 1 is 1.22 bits per heavy atom. The molecule has 27 heavy (non-hydrogen) atoms. The third-order valence-corrected chi connectivity index (χ3v) is 4.96. The number of benzene rings is 1. The van der Waals surface area contributed by atoms with E-state index >= 15 is 0 Å². The van der Waals surface area contributed by atoms with Crippen LogP contribution in [-0.4, -0.2) is 51.0 Å². The molecular weight excluding hydrogens is 465 g/mol. The highest BCUT2D eigenvalue weighted by atomic mass is 127. The standard InChI is InChI=1S/C19H28F2N4O.HI/c1-22-18(23-12-9-14-7-6-8-15(20)16(14)21)24-13-19(10-4-5-11-19)17(26)25(2)3;/h6-8H,4-5,9-13H2,1-3H3,(H2,22,23,24);1H. The molecule has 2 N–H and O–H groups in total. The van der Waals surface area contributed by atoms with Gasteiger partial charge >= 0.3 is 0 Å². The highest BCUT2D eigenvalue weighted by Gasteiger charge is 2.42. The van der Waals surface area contributed by atoms with Gasteiger partial charge in [0.1, 0.15) is 0 Å². The molecule has 2 rings (SSSR count). The maximum atomic E-state index is 13.7. The van der Waals surface area contributed by atoms with Crippen molar-refractivity contribution in [2.75, 3.05) is 34.2 Å². The number of amides is 1. The number of halogens is 3. The van der Waals surface area contributed by atoms with Gasteiger partial charge in [0.15, 0.2) is 17.6 Å². The highest BCUT2D eigenvalue weighted by molar-refractivity contribution is 14.0. The van der Waals surface area contributed by atoms with Gasteiger partial charge in [0.2, 0.25) is 5.91 Å². The lowest BCUT2D eigenvalue weighted by Gasteiger charge is -2.31. The molecule has 0 saturated heterocycles. The summed E-state index contributed by atoms with van der Waals surface area (Å²) in [5.74, 6) is -0.950. The van der Waals surface area contributed by atoms with Crippen LogP contribution in [0.2, 0.25) is 0 Å². The van der Waals surface area contributed by atoms with Gasteiger partial charge in [-0.3, -0.25) is 9.79 Å². The average Bonchev–Trinajstić information content (AvgIpc) is 3.10. The first-order valence-corrected chi connectivity index (χ1v) is 8.99. The van der Waals surface area contributed by atoms with Gasteiger partial charge < -0.3 is 15.5 Å². The van der Waals surface area contributed by atoms with Crippen LogP contribution in [0.3, 0.4) is 0 Å². The normalized spacial score (nSPS) is 15.8. The lowest BCUT2D eigenvalue weighted by atomic mass is 9.84. The second-order valence-corrected chi connectivity index (χ2v) is 7.00. The fourth-order valence-electron chi connectivity index (χ4n) is 3.52. The topological polar surface area (TPSA) is 56.7 Å². The van der Waals surface area contributed by atoms with E-state index in [2.05, 4.69) is 15.6 Å². The summed E-state index contributed by atoms with van der Waals surface area (Å²) in [6.45, 7) is 0.923. The van der Waals surface area contributed by atoms with Crippen molar-refractivity contribution >= 4 is 35.8 Å². The summed E-state index contributed by atoms with van der Waals surface area (Å²) in [5.41, 5.74) is -0.0708. The molecule has 1 aliphatic carbocycles. The molecule has 5 nitrogen and oxygen atoms in total. The Labute approximate surface area is 177 Å². The molecule has 0 unspecified atom stereocenters. The van der Waals surface area contributed by atoms with Crippen LogP contribution in [0.15, 0.2) is 23.2 Å². The Balaban J connectivity index is 0.00000364. The van der Waals surface area contributed by atoms with Gasteiger partial charge in [0.25, 0.3) is 0 Å². The third-order valence-electron chi connectivity index (χ3n) is 4.96. The quantitative estimate of drug-likeness (QED) is 0.364. The lowest BCUT2D eigenvalue weighted by Crippen LogP contribution is -2.49. The van der Waals surface area contributed by atoms with Crippen LogP contribution in [-0.2, 0) is 11.2 Å². The Hall–Kier alpha value is -1.45. The molecule has 0 aromatic heterocycles. The van der Waals surface area contributed by atoms with E-state index in [9.17, 15) is 13.6 Å². The number of hydrogen-bond donors (Lipinski definition) is 2. The molecule has 0 aliphatic heterocycles. The van der Waals surface area contributed by atoms with Crippen molar-refractivity contribution in [2.24, 2.45) is 10.4 Å². The Kier molecular flexibility index (Phi) is 9.41. The lowest BCUT2D eigenvalue weighted by molar-refractivity contribution is -0.138. The summed E-state index contributed by atoms with van der Waals surface area (Å²) in [5, 5.41) is 6.32. The maximum absolute atomic E-state index is 13.7. The zero-order valence-corrected chi connectivity index (χ0v) is 18.5. The fraction of sp³-hybridized carbons (Fsp3) is 0.579. The van der Waals surface area contributed by atoms with E-state index in [1.165, 1.54) is 6.07 Å². The molecular formula is C19H29F2IN4O. The van der Waals surface area contributed by atoms with E-state index in [1.807, 2.05) is 0 Å². The predicted octanol–water partition coefficient (Wildman–Crippen LogP) is 2.94. The number of nitrogens with one attached hydrogen (secondary N) is 2. The first-order chi connectivity index (χ1) is 12.4. The van der Waals surface area contributed by atoms with Gasteiger partial charge in [-0.15, -0.1) is 24.0 Å². The predicted molar refractivity (Wildman–Crippen MR) is 114 cm³/mol. The van der Waals surface area contributed by atoms with Crippen molar-refractivity contribution in [3.05, 3.63) is 35.4 Å². The number of guanidine groups is 1. The van der Waals surface area contributed by atoms with Gasteiger partial charge in [-0.2, -0.15) is 0 Å². The minimum Gasteiger partial charge on any atom is -0.356 e. The summed E-state index contributed by atoms with van der Waals surface area (Å²) in [6.07, 6.45) is 4.16. The van der Waals surface area contributed by atoms with Gasteiger partial charge in [-0.25, -0.2) is 8.78 Å². The summed E-state index contributed by atoms with van der Waals surface area (Å²) < 4.78 is 26.9. The van der Waals surface area contributed by atoms with Crippen LogP contribution in [0, 0.1) is 17.0 Å². The highest BCUT2D eigenvalue weighted by Crippen LogP contribution is 2.38. The number of carbonyl (C=O) groups is 1. The molecule has 1 amide bonds. The Morgan fingerprint density at radius 3 is 2.48 bits per heavy atom. The molecule has 1 saturated carbocycles. The number of hydrogen-bond acceptors (Lipinski definition) is 2. The van der Waals surface area contributed by atoms with Crippen molar-refractivity contribution in [3.8, 4) is 0 Å². The molecule has 1 aromatic rings. The SMILES string of the molecule is CN=C(NCCc1cccc(F)c1F)NCC1(C(=O)N(C)C)CCCC1.I. The second-order valence-electron chi connectivity index (χ2n) is 7.00. The molecule has 152 valence electrons. The zero-order chi connectivity index (χ0) is 19.2. The van der Waals surface area contributed by atoms with E-state index in [4.69, 9.17) is 0 Å². The number of nitrogens with zero attached hydrogens (tertiary/aromatic N) is 2. The van der Waals surface area contributed by atoms with Crippen LogP contribution in [0.5, 0.6) is 0 Å². The molecule has 8 heteroatoms.